The van der Waals surface area contributed by atoms with Crippen LogP contribution in [0.3, 0.4) is 0 Å². The van der Waals surface area contributed by atoms with Crippen LogP contribution in [0.1, 0.15) is 12.8 Å². The third-order valence-electron chi connectivity index (χ3n) is 2.14. The zero-order chi connectivity index (χ0) is 7.40. The van der Waals surface area contributed by atoms with Crippen LogP contribution in [-0.4, -0.2) is 17.6 Å². The molecule has 1 nitrogen and oxygen atoms in total. The standard InChI is InChI=1S/C8H13ClO/c9-5-7-3-1-2-4-8(7)6-10/h1-2,7-8,10H,3-6H2/t7-,8-/m0/s1. The number of rotatable bonds is 2. The van der Waals surface area contributed by atoms with Crippen molar-refractivity contribution < 1.29 is 5.11 Å². The fourth-order valence-electron chi connectivity index (χ4n) is 1.34. The minimum absolute atomic E-state index is 0.279. The molecule has 58 valence electrons. The Morgan fingerprint density at radius 2 is 1.90 bits per heavy atom. The molecule has 0 spiro atoms. The first kappa shape index (κ1) is 8.09. The molecule has 2 atom stereocenters. The van der Waals surface area contributed by atoms with Crippen LogP contribution in [0.2, 0.25) is 0 Å². The molecule has 10 heavy (non-hydrogen) atoms. The molecule has 1 rings (SSSR count). The third-order valence-corrected chi connectivity index (χ3v) is 2.54. The smallest absolute Gasteiger partial charge is 0.0465 e. The van der Waals surface area contributed by atoms with Crippen LogP contribution >= 0.6 is 11.6 Å². The van der Waals surface area contributed by atoms with Crippen molar-refractivity contribution >= 4 is 11.6 Å². The highest BCUT2D eigenvalue weighted by Crippen LogP contribution is 2.25. The molecule has 0 saturated heterocycles. The summed E-state index contributed by atoms with van der Waals surface area (Å²) in [6.07, 6.45) is 6.31. The zero-order valence-electron chi connectivity index (χ0n) is 5.96. The van der Waals surface area contributed by atoms with E-state index in [-0.39, 0.29) is 6.61 Å². The Morgan fingerprint density at radius 3 is 2.30 bits per heavy atom. The van der Waals surface area contributed by atoms with Crippen LogP contribution in [0.5, 0.6) is 0 Å². The molecule has 2 heteroatoms. The van der Waals surface area contributed by atoms with E-state index in [0.717, 1.165) is 12.8 Å². The first-order valence-corrected chi connectivity index (χ1v) is 4.23. The van der Waals surface area contributed by atoms with E-state index >= 15 is 0 Å². The average molecular weight is 161 g/mol. The number of aliphatic hydroxyl groups is 1. The number of halogens is 1. The van der Waals surface area contributed by atoms with Crippen LogP contribution < -0.4 is 0 Å². The molecule has 0 aromatic carbocycles. The van der Waals surface area contributed by atoms with E-state index in [1.165, 1.54) is 0 Å². The second-order valence-corrected chi connectivity index (χ2v) is 3.11. The normalized spacial score (nSPS) is 32.6. The molecule has 0 bridgehead atoms. The summed E-state index contributed by atoms with van der Waals surface area (Å²) in [7, 11) is 0. The molecule has 0 radical (unpaired) electrons. The van der Waals surface area contributed by atoms with Gasteiger partial charge in [0, 0.05) is 12.5 Å². The molecule has 0 aliphatic heterocycles. The van der Waals surface area contributed by atoms with E-state index in [1.54, 1.807) is 0 Å². The second kappa shape index (κ2) is 3.99. The Hall–Kier alpha value is -0.0100. The molecule has 0 unspecified atom stereocenters. The Kier molecular flexibility index (Phi) is 3.23. The predicted molar refractivity (Wildman–Crippen MR) is 43.2 cm³/mol. The minimum Gasteiger partial charge on any atom is -0.396 e. The van der Waals surface area contributed by atoms with Gasteiger partial charge in [-0.25, -0.2) is 0 Å². The Labute approximate surface area is 66.7 Å². The predicted octanol–water partition coefficient (Wildman–Crippen LogP) is 1.80. The fourth-order valence-corrected chi connectivity index (χ4v) is 1.72. The highest BCUT2D eigenvalue weighted by molar-refractivity contribution is 6.18. The van der Waals surface area contributed by atoms with Crippen LogP contribution in [-0.2, 0) is 0 Å². The maximum atomic E-state index is 8.90. The van der Waals surface area contributed by atoms with Gasteiger partial charge in [-0.15, -0.1) is 11.6 Å². The molecule has 0 fully saturated rings. The van der Waals surface area contributed by atoms with Crippen LogP contribution in [0.25, 0.3) is 0 Å². The Morgan fingerprint density at radius 1 is 1.30 bits per heavy atom. The van der Waals surface area contributed by atoms with Crippen LogP contribution in [0.4, 0.5) is 0 Å². The number of aliphatic hydroxyl groups excluding tert-OH is 1. The van der Waals surface area contributed by atoms with Crippen LogP contribution in [0, 0.1) is 11.8 Å². The molecule has 0 saturated carbocycles. The largest absolute Gasteiger partial charge is 0.396 e. The van der Waals surface area contributed by atoms with Crippen molar-refractivity contribution in [3.8, 4) is 0 Å². The molecule has 1 aliphatic carbocycles. The first-order valence-electron chi connectivity index (χ1n) is 3.70. The fraction of sp³-hybridized carbons (Fsp3) is 0.750. The summed E-state index contributed by atoms with van der Waals surface area (Å²) < 4.78 is 0. The topological polar surface area (TPSA) is 20.2 Å². The van der Waals surface area contributed by atoms with E-state index in [2.05, 4.69) is 12.2 Å². The van der Waals surface area contributed by atoms with Gasteiger partial charge in [-0.05, 0) is 24.7 Å². The van der Waals surface area contributed by atoms with Crippen molar-refractivity contribution in [2.24, 2.45) is 11.8 Å². The molecule has 0 amide bonds. The Bertz CT molecular complexity index is 108. The van der Waals surface area contributed by atoms with Gasteiger partial charge >= 0.3 is 0 Å². The van der Waals surface area contributed by atoms with Crippen molar-refractivity contribution in [1.82, 2.24) is 0 Å². The number of hydrogen-bond acceptors (Lipinski definition) is 1. The van der Waals surface area contributed by atoms with E-state index < -0.39 is 0 Å². The molecule has 1 N–H and O–H groups in total. The van der Waals surface area contributed by atoms with Gasteiger partial charge in [0.1, 0.15) is 0 Å². The van der Waals surface area contributed by atoms with E-state index in [1.807, 2.05) is 0 Å². The first-order chi connectivity index (χ1) is 4.88. The summed E-state index contributed by atoms with van der Waals surface area (Å²) >= 11 is 5.71. The summed E-state index contributed by atoms with van der Waals surface area (Å²) in [5.41, 5.74) is 0. The molecule has 0 aromatic heterocycles. The summed E-state index contributed by atoms with van der Waals surface area (Å²) in [5, 5.41) is 8.90. The van der Waals surface area contributed by atoms with Crippen molar-refractivity contribution in [3.63, 3.8) is 0 Å². The van der Waals surface area contributed by atoms with E-state index in [9.17, 15) is 0 Å². The summed E-state index contributed by atoms with van der Waals surface area (Å²) in [6.45, 7) is 0.279. The summed E-state index contributed by atoms with van der Waals surface area (Å²) in [5.74, 6) is 1.58. The molecular weight excluding hydrogens is 148 g/mol. The van der Waals surface area contributed by atoms with Crippen molar-refractivity contribution in [1.29, 1.82) is 0 Å². The number of allylic oxidation sites excluding steroid dienone is 2. The van der Waals surface area contributed by atoms with E-state index in [4.69, 9.17) is 16.7 Å². The maximum absolute atomic E-state index is 8.90. The lowest BCUT2D eigenvalue weighted by atomic mass is 9.85. The third kappa shape index (κ3) is 1.74. The minimum atomic E-state index is 0.279. The quantitative estimate of drug-likeness (QED) is 0.483. The van der Waals surface area contributed by atoms with Gasteiger partial charge < -0.3 is 5.11 Å². The van der Waals surface area contributed by atoms with E-state index in [0.29, 0.717) is 17.7 Å². The zero-order valence-corrected chi connectivity index (χ0v) is 6.72. The molecule has 0 aromatic rings. The highest BCUT2D eigenvalue weighted by Gasteiger charge is 2.20. The average Bonchev–Trinajstić information content (AvgIpc) is 2.04. The van der Waals surface area contributed by atoms with Gasteiger partial charge in [-0.2, -0.15) is 0 Å². The highest BCUT2D eigenvalue weighted by atomic mass is 35.5. The van der Waals surface area contributed by atoms with Gasteiger partial charge in [0.15, 0.2) is 0 Å². The Balaban J connectivity index is 2.45. The molecule has 0 heterocycles. The second-order valence-electron chi connectivity index (χ2n) is 2.80. The van der Waals surface area contributed by atoms with Crippen molar-refractivity contribution in [2.75, 3.05) is 12.5 Å². The van der Waals surface area contributed by atoms with Crippen molar-refractivity contribution in [2.45, 2.75) is 12.8 Å². The van der Waals surface area contributed by atoms with Gasteiger partial charge in [-0.3, -0.25) is 0 Å². The lowest BCUT2D eigenvalue weighted by Gasteiger charge is -2.24. The SMILES string of the molecule is OC[C@@H]1CC=CC[C@H]1CCl. The van der Waals surface area contributed by atoms with Gasteiger partial charge in [0.2, 0.25) is 0 Å². The van der Waals surface area contributed by atoms with Gasteiger partial charge in [-0.1, -0.05) is 12.2 Å². The number of alkyl halides is 1. The lowest BCUT2D eigenvalue weighted by molar-refractivity contribution is 0.181. The summed E-state index contributed by atoms with van der Waals surface area (Å²) in [4.78, 5) is 0. The van der Waals surface area contributed by atoms with Crippen LogP contribution in [0.15, 0.2) is 12.2 Å². The van der Waals surface area contributed by atoms with Gasteiger partial charge in [0.25, 0.3) is 0 Å². The lowest BCUT2D eigenvalue weighted by Crippen LogP contribution is -2.21. The molecule has 1 aliphatic rings. The summed E-state index contributed by atoms with van der Waals surface area (Å²) in [6, 6.07) is 0. The monoisotopic (exact) mass is 160 g/mol. The van der Waals surface area contributed by atoms with Crippen molar-refractivity contribution in [3.05, 3.63) is 12.2 Å². The van der Waals surface area contributed by atoms with Gasteiger partial charge in [0.05, 0.1) is 0 Å². The molecular formula is C8H13ClO. The number of hydrogen-bond donors (Lipinski definition) is 1. The maximum Gasteiger partial charge on any atom is 0.0465 e.